The monoisotopic (exact) mass is 396 g/mol. The van der Waals surface area contributed by atoms with Crippen LogP contribution in [0, 0.1) is 35.0 Å². The number of hydrogen-bond donors (Lipinski definition) is 1. The van der Waals surface area contributed by atoms with Gasteiger partial charge in [-0.3, -0.25) is 0 Å². The van der Waals surface area contributed by atoms with Crippen LogP contribution in [0.4, 0.5) is 0 Å². The highest BCUT2D eigenvalue weighted by Crippen LogP contribution is 2.59. The largest absolute Gasteiger partial charge is 0.393 e. The van der Waals surface area contributed by atoms with Gasteiger partial charge in [0.15, 0.2) is 0 Å². The van der Waals surface area contributed by atoms with Crippen molar-refractivity contribution < 1.29 is 5.11 Å². The van der Waals surface area contributed by atoms with E-state index in [1.165, 1.54) is 43.3 Å². The lowest BCUT2D eigenvalue weighted by Crippen LogP contribution is -2.35. The smallest absolute Gasteiger partial charge is 0.0583 e. The number of rotatable bonds is 5. The lowest BCUT2D eigenvalue weighted by molar-refractivity contribution is 0.112. The van der Waals surface area contributed by atoms with E-state index in [2.05, 4.69) is 65.5 Å². The van der Waals surface area contributed by atoms with Gasteiger partial charge in [-0.25, -0.2) is 0 Å². The van der Waals surface area contributed by atoms with Crippen molar-refractivity contribution in [2.75, 3.05) is 0 Å². The molecule has 0 unspecified atom stereocenters. The predicted molar refractivity (Wildman–Crippen MR) is 126 cm³/mol. The Labute approximate surface area is 180 Å². The molecule has 1 N–H and O–H groups in total. The van der Waals surface area contributed by atoms with Gasteiger partial charge < -0.3 is 5.11 Å². The number of fused-ring (bicyclic) bond motifs is 1. The van der Waals surface area contributed by atoms with Crippen LogP contribution in [0.5, 0.6) is 0 Å². The maximum Gasteiger partial charge on any atom is 0.0583 e. The average Bonchev–Trinajstić information content (AvgIpc) is 3.04. The molecule has 3 rings (SSSR count). The molecule has 1 heteroatoms. The van der Waals surface area contributed by atoms with Crippen LogP contribution in [-0.4, -0.2) is 11.2 Å². The molecular formula is C28H44O. The van der Waals surface area contributed by atoms with Gasteiger partial charge in [0.1, 0.15) is 0 Å². The summed E-state index contributed by atoms with van der Waals surface area (Å²) < 4.78 is 0. The molecule has 29 heavy (non-hydrogen) atoms. The topological polar surface area (TPSA) is 20.2 Å². The van der Waals surface area contributed by atoms with Crippen molar-refractivity contribution in [3.05, 3.63) is 47.6 Å². The maximum atomic E-state index is 10.0. The van der Waals surface area contributed by atoms with E-state index < -0.39 is 0 Å². The lowest BCUT2D eigenvalue weighted by atomic mass is 9.61. The summed E-state index contributed by atoms with van der Waals surface area (Å²) in [6.45, 7) is 16.3. The molecule has 162 valence electrons. The molecule has 0 aromatic heterocycles. The minimum atomic E-state index is -0.182. The Morgan fingerprint density at radius 3 is 2.52 bits per heavy atom. The molecule has 0 aliphatic heterocycles. The normalized spacial score (nSPS) is 38.2. The molecule has 0 heterocycles. The van der Waals surface area contributed by atoms with Crippen molar-refractivity contribution in [3.8, 4) is 0 Å². The van der Waals surface area contributed by atoms with Crippen molar-refractivity contribution in [1.29, 1.82) is 0 Å². The van der Waals surface area contributed by atoms with Crippen molar-refractivity contribution in [2.24, 2.45) is 35.0 Å². The fourth-order valence-corrected chi connectivity index (χ4v) is 6.25. The van der Waals surface area contributed by atoms with E-state index in [1.54, 1.807) is 5.57 Å². The van der Waals surface area contributed by atoms with Crippen LogP contribution >= 0.6 is 0 Å². The van der Waals surface area contributed by atoms with Gasteiger partial charge in [0.25, 0.3) is 0 Å². The van der Waals surface area contributed by atoms with E-state index in [9.17, 15) is 5.11 Å². The van der Waals surface area contributed by atoms with E-state index in [0.717, 1.165) is 37.0 Å². The van der Waals surface area contributed by atoms with Crippen LogP contribution in [0.25, 0.3) is 0 Å². The minimum absolute atomic E-state index is 0.182. The molecule has 1 nitrogen and oxygen atoms in total. The molecule has 0 bridgehead atoms. The summed E-state index contributed by atoms with van der Waals surface area (Å²) in [4.78, 5) is 0. The Morgan fingerprint density at radius 2 is 1.79 bits per heavy atom. The van der Waals surface area contributed by atoms with Crippen molar-refractivity contribution >= 4 is 0 Å². The average molecular weight is 397 g/mol. The molecule has 0 saturated heterocycles. The highest BCUT2D eigenvalue weighted by Gasteiger charge is 2.50. The van der Waals surface area contributed by atoms with E-state index >= 15 is 0 Å². The van der Waals surface area contributed by atoms with Crippen LogP contribution < -0.4 is 0 Å². The van der Waals surface area contributed by atoms with Gasteiger partial charge in [-0.2, -0.15) is 0 Å². The summed E-state index contributed by atoms with van der Waals surface area (Å²) in [5, 5.41) is 10.0. The molecular weight excluding hydrogens is 352 g/mol. The first-order valence-corrected chi connectivity index (χ1v) is 12.2. The van der Waals surface area contributed by atoms with Gasteiger partial charge in [-0.1, -0.05) is 76.6 Å². The quantitative estimate of drug-likeness (QED) is 0.473. The van der Waals surface area contributed by atoms with Crippen LogP contribution in [-0.2, 0) is 0 Å². The van der Waals surface area contributed by atoms with Gasteiger partial charge in [0.05, 0.1) is 6.10 Å². The number of aliphatic hydroxyl groups is 1. The Kier molecular flexibility index (Phi) is 7.31. The fraction of sp³-hybridized carbons (Fsp3) is 0.714. The third kappa shape index (κ3) is 4.98. The Hall–Kier alpha value is -1.08. The molecule has 0 aromatic rings. The molecule has 0 spiro atoms. The first-order chi connectivity index (χ1) is 13.7. The summed E-state index contributed by atoms with van der Waals surface area (Å²) in [5.74, 6) is 3.58. The Morgan fingerprint density at radius 1 is 1.03 bits per heavy atom. The summed E-state index contributed by atoms with van der Waals surface area (Å²) in [5.41, 5.74) is 4.61. The molecule has 3 fully saturated rings. The Balaban J connectivity index is 1.75. The summed E-state index contributed by atoms with van der Waals surface area (Å²) >= 11 is 0. The second-order valence-corrected chi connectivity index (χ2v) is 10.9. The van der Waals surface area contributed by atoms with Crippen LogP contribution in [0.3, 0.4) is 0 Å². The molecule has 3 saturated carbocycles. The zero-order valence-electron chi connectivity index (χ0n) is 19.6. The van der Waals surface area contributed by atoms with Crippen molar-refractivity contribution in [3.63, 3.8) is 0 Å². The summed E-state index contributed by atoms with van der Waals surface area (Å²) in [6, 6.07) is 0. The maximum absolute atomic E-state index is 10.0. The van der Waals surface area contributed by atoms with E-state index in [-0.39, 0.29) is 6.10 Å². The first-order valence-electron chi connectivity index (χ1n) is 12.2. The highest BCUT2D eigenvalue weighted by molar-refractivity contribution is 5.36. The third-order valence-electron chi connectivity index (χ3n) is 8.63. The van der Waals surface area contributed by atoms with Gasteiger partial charge in [0, 0.05) is 0 Å². The van der Waals surface area contributed by atoms with Crippen molar-refractivity contribution in [1.82, 2.24) is 0 Å². The third-order valence-corrected chi connectivity index (χ3v) is 8.63. The SMILES string of the molecule is C=C1CC[C@@H](O)C/C1=C\C=C1/CCC[C@@]2(C)[C@@H]1CC[C@H]2[C@H](C)/C=C/[C@H](C)C(C)C. The van der Waals surface area contributed by atoms with E-state index in [1.807, 2.05) is 0 Å². The zero-order valence-corrected chi connectivity index (χ0v) is 19.6. The molecule has 0 aromatic carbocycles. The lowest BCUT2D eigenvalue weighted by Gasteiger charge is -2.44. The zero-order chi connectivity index (χ0) is 21.2. The molecule has 0 amide bonds. The van der Waals surface area contributed by atoms with Gasteiger partial charge in [0.2, 0.25) is 0 Å². The fourth-order valence-electron chi connectivity index (χ4n) is 6.25. The standard InChI is InChI=1S/C28H44O/c1-19(2)20(3)9-10-22(5)26-15-16-27-23(8-7-17-28(26,27)6)12-13-24-18-25(29)14-11-21(24)4/h9-10,12-13,19-20,22,25-27,29H,4,7-8,11,14-18H2,1-3,5-6H3/b10-9+,23-12+,24-13+/t20-,22+,25+,26-,27+,28+/m0/s1. The summed E-state index contributed by atoms with van der Waals surface area (Å²) in [6.07, 6.45) is 18.8. The van der Waals surface area contributed by atoms with Crippen LogP contribution in [0.2, 0.25) is 0 Å². The molecule has 0 radical (unpaired) electrons. The minimum Gasteiger partial charge on any atom is -0.393 e. The number of allylic oxidation sites excluding steroid dienone is 6. The Bertz CT molecular complexity index is 678. The van der Waals surface area contributed by atoms with E-state index in [0.29, 0.717) is 17.3 Å². The van der Waals surface area contributed by atoms with Gasteiger partial charge >= 0.3 is 0 Å². The van der Waals surface area contributed by atoms with Crippen LogP contribution in [0.15, 0.2) is 47.6 Å². The highest BCUT2D eigenvalue weighted by atomic mass is 16.3. The van der Waals surface area contributed by atoms with Gasteiger partial charge in [-0.05, 0) is 91.9 Å². The first kappa shape index (κ1) is 22.6. The van der Waals surface area contributed by atoms with Crippen LogP contribution in [0.1, 0.15) is 86.0 Å². The second kappa shape index (κ2) is 9.38. The van der Waals surface area contributed by atoms with Gasteiger partial charge in [-0.15, -0.1) is 0 Å². The summed E-state index contributed by atoms with van der Waals surface area (Å²) in [7, 11) is 0. The number of hydrogen-bond acceptors (Lipinski definition) is 1. The van der Waals surface area contributed by atoms with Crippen molar-refractivity contribution in [2.45, 2.75) is 92.1 Å². The predicted octanol–water partition coefficient (Wildman–Crippen LogP) is 7.64. The molecule has 6 atom stereocenters. The van der Waals surface area contributed by atoms with E-state index in [4.69, 9.17) is 0 Å². The molecule has 3 aliphatic rings. The second-order valence-electron chi connectivity index (χ2n) is 10.9. The molecule has 3 aliphatic carbocycles. The number of aliphatic hydroxyl groups excluding tert-OH is 1.